The lowest BCUT2D eigenvalue weighted by atomic mass is 10.2. The zero-order chi connectivity index (χ0) is 14.9. The van der Waals surface area contributed by atoms with E-state index in [0.717, 1.165) is 32.0 Å². The monoisotopic (exact) mass is 328 g/mol. The first-order valence-electron chi connectivity index (χ1n) is 6.84. The highest BCUT2D eigenvalue weighted by Crippen LogP contribution is 2.30. The second-order valence-corrected chi connectivity index (χ2v) is 6.46. The van der Waals surface area contributed by atoms with Gasteiger partial charge >= 0.3 is 0 Å². The van der Waals surface area contributed by atoms with Crippen LogP contribution in [-0.2, 0) is 0 Å². The molecule has 0 saturated heterocycles. The van der Waals surface area contributed by atoms with Gasteiger partial charge in [0.05, 0.1) is 11.5 Å². The average Bonchev–Trinajstić information content (AvgIpc) is 3.24. The van der Waals surface area contributed by atoms with E-state index in [2.05, 4.69) is 15.3 Å². The van der Waals surface area contributed by atoms with Gasteiger partial charge < -0.3 is 4.74 Å². The third kappa shape index (κ3) is 2.28. The Morgan fingerprint density at radius 2 is 2.00 bits per heavy atom. The zero-order valence-corrected chi connectivity index (χ0v) is 13.4. The van der Waals surface area contributed by atoms with E-state index in [9.17, 15) is 0 Å². The van der Waals surface area contributed by atoms with Crippen LogP contribution in [0.3, 0.4) is 0 Å². The normalized spacial score (nSPS) is 11.1. The van der Waals surface area contributed by atoms with Gasteiger partial charge in [0.15, 0.2) is 5.82 Å². The van der Waals surface area contributed by atoms with Crippen molar-refractivity contribution >= 4 is 27.6 Å². The summed E-state index contributed by atoms with van der Waals surface area (Å²) in [5, 5.41) is 16.0. The Balaban J connectivity index is 1.74. The predicted molar refractivity (Wildman–Crippen MR) is 88.6 cm³/mol. The molecule has 0 aliphatic heterocycles. The second-order valence-electron chi connectivity index (χ2n) is 4.56. The molecule has 4 rings (SSSR count). The highest BCUT2D eigenvalue weighted by atomic mass is 32.1. The van der Waals surface area contributed by atoms with Gasteiger partial charge in [0.25, 0.3) is 0 Å². The molecule has 4 aromatic rings. The fraction of sp³-hybridized carbons (Fsp3) is 0.133. The van der Waals surface area contributed by atoms with Crippen molar-refractivity contribution in [3.8, 4) is 27.0 Å². The Morgan fingerprint density at radius 1 is 1.14 bits per heavy atom. The summed E-state index contributed by atoms with van der Waals surface area (Å²) in [7, 11) is 0. The molecule has 0 amide bonds. The van der Waals surface area contributed by atoms with E-state index in [4.69, 9.17) is 4.74 Å². The molecule has 0 radical (unpaired) electrons. The quantitative estimate of drug-likeness (QED) is 0.568. The molecule has 0 spiro atoms. The standard InChI is InChI=1S/C15H12N4OS2/c1-2-20-11-7-5-10(6-8-11)14-18-19-13(12-4-3-9-21-12)16-17-15(19)22-14/h3-9H,2H2,1H3. The molecule has 0 fully saturated rings. The molecule has 110 valence electrons. The molecular formula is C15H12N4OS2. The van der Waals surface area contributed by atoms with E-state index >= 15 is 0 Å². The van der Waals surface area contributed by atoms with E-state index in [1.807, 2.05) is 53.2 Å². The number of benzene rings is 1. The first-order chi connectivity index (χ1) is 10.8. The molecule has 0 saturated carbocycles. The summed E-state index contributed by atoms with van der Waals surface area (Å²) >= 11 is 3.16. The molecule has 0 unspecified atom stereocenters. The molecule has 0 aliphatic carbocycles. The molecule has 5 nitrogen and oxygen atoms in total. The number of nitrogens with zero attached hydrogens (tertiary/aromatic N) is 4. The molecule has 3 heterocycles. The Kier molecular flexibility index (Phi) is 3.36. The van der Waals surface area contributed by atoms with E-state index in [1.54, 1.807) is 11.3 Å². The summed E-state index contributed by atoms with van der Waals surface area (Å²) in [4.78, 5) is 1.86. The maximum Gasteiger partial charge on any atom is 0.235 e. The number of hydrogen-bond donors (Lipinski definition) is 0. The van der Waals surface area contributed by atoms with Crippen molar-refractivity contribution in [2.24, 2.45) is 0 Å². The number of hydrogen-bond acceptors (Lipinski definition) is 6. The smallest absolute Gasteiger partial charge is 0.235 e. The first-order valence-corrected chi connectivity index (χ1v) is 8.54. The van der Waals surface area contributed by atoms with Crippen LogP contribution in [-0.4, -0.2) is 26.4 Å². The minimum atomic E-state index is 0.667. The van der Waals surface area contributed by atoms with Crippen LogP contribution in [0.4, 0.5) is 0 Å². The van der Waals surface area contributed by atoms with Crippen molar-refractivity contribution in [3.63, 3.8) is 0 Å². The van der Waals surface area contributed by atoms with Crippen LogP contribution < -0.4 is 4.74 Å². The van der Waals surface area contributed by atoms with Gasteiger partial charge in [0.2, 0.25) is 4.96 Å². The minimum Gasteiger partial charge on any atom is -0.494 e. The average molecular weight is 328 g/mol. The van der Waals surface area contributed by atoms with Crippen molar-refractivity contribution in [2.45, 2.75) is 6.92 Å². The van der Waals surface area contributed by atoms with Crippen LogP contribution in [0.25, 0.3) is 26.2 Å². The number of ether oxygens (including phenoxy) is 1. The van der Waals surface area contributed by atoms with E-state index < -0.39 is 0 Å². The van der Waals surface area contributed by atoms with Gasteiger partial charge in [0.1, 0.15) is 10.8 Å². The molecule has 7 heteroatoms. The third-order valence-corrected chi connectivity index (χ3v) is 4.96. The zero-order valence-electron chi connectivity index (χ0n) is 11.8. The summed E-state index contributed by atoms with van der Waals surface area (Å²) in [6.07, 6.45) is 0. The van der Waals surface area contributed by atoms with E-state index in [0.29, 0.717) is 6.61 Å². The highest BCUT2D eigenvalue weighted by molar-refractivity contribution is 7.19. The molecule has 1 aromatic carbocycles. The number of rotatable bonds is 4. The molecule has 0 aliphatic rings. The van der Waals surface area contributed by atoms with Crippen molar-refractivity contribution in [1.29, 1.82) is 0 Å². The summed E-state index contributed by atoms with van der Waals surface area (Å²) in [6, 6.07) is 12.0. The number of fused-ring (bicyclic) bond motifs is 1. The lowest BCUT2D eigenvalue weighted by molar-refractivity contribution is 0.340. The molecule has 0 atom stereocenters. The SMILES string of the molecule is CCOc1ccc(-c2nn3c(-c4cccs4)nnc3s2)cc1. The minimum absolute atomic E-state index is 0.667. The van der Waals surface area contributed by atoms with E-state index in [1.165, 1.54) is 11.3 Å². The number of aromatic nitrogens is 4. The van der Waals surface area contributed by atoms with Crippen molar-refractivity contribution < 1.29 is 4.74 Å². The van der Waals surface area contributed by atoms with Crippen LogP contribution >= 0.6 is 22.7 Å². The van der Waals surface area contributed by atoms with Gasteiger partial charge in [-0.2, -0.15) is 9.61 Å². The summed E-state index contributed by atoms with van der Waals surface area (Å²) in [5.41, 5.74) is 1.05. The maximum atomic E-state index is 5.47. The molecular weight excluding hydrogens is 316 g/mol. The van der Waals surface area contributed by atoms with Crippen molar-refractivity contribution in [2.75, 3.05) is 6.61 Å². The Morgan fingerprint density at radius 3 is 2.73 bits per heavy atom. The fourth-order valence-electron chi connectivity index (χ4n) is 2.15. The largest absolute Gasteiger partial charge is 0.494 e. The Labute approximate surface area is 134 Å². The molecule has 0 bridgehead atoms. The van der Waals surface area contributed by atoms with Gasteiger partial charge in [-0.25, -0.2) is 0 Å². The van der Waals surface area contributed by atoms with Gasteiger partial charge in [-0.3, -0.25) is 0 Å². The van der Waals surface area contributed by atoms with Crippen LogP contribution in [0.15, 0.2) is 41.8 Å². The van der Waals surface area contributed by atoms with Crippen LogP contribution in [0.1, 0.15) is 6.92 Å². The van der Waals surface area contributed by atoms with Gasteiger partial charge in [-0.1, -0.05) is 17.4 Å². The Bertz CT molecular complexity index is 894. The fourth-order valence-corrected chi connectivity index (χ4v) is 3.69. The van der Waals surface area contributed by atoms with Gasteiger partial charge in [-0.15, -0.1) is 21.5 Å². The molecule has 3 aromatic heterocycles. The summed E-state index contributed by atoms with van der Waals surface area (Å²) in [6.45, 7) is 2.64. The summed E-state index contributed by atoms with van der Waals surface area (Å²) in [5.74, 6) is 1.66. The third-order valence-electron chi connectivity index (χ3n) is 3.14. The van der Waals surface area contributed by atoms with Crippen molar-refractivity contribution in [3.05, 3.63) is 41.8 Å². The highest BCUT2D eigenvalue weighted by Gasteiger charge is 2.14. The van der Waals surface area contributed by atoms with Crippen LogP contribution in [0, 0.1) is 0 Å². The van der Waals surface area contributed by atoms with Gasteiger partial charge in [0, 0.05) is 5.56 Å². The second kappa shape index (κ2) is 5.51. The van der Waals surface area contributed by atoms with Crippen LogP contribution in [0.5, 0.6) is 5.75 Å². The maximum absolute atomic E-state index is 5.47. The molecule has 0 N–H and O–H groups in total. The molecule has 22 heavy (non-hydrogen) atoms. The lowest BCUT2D eigenvalue weighted by Gasteiger charge is -2.02. The first kappa shape index (κ1) is 13.4. The predicted octanol–water partition coefficient (Wildman–Crippen LogP) is 3.98. The van der Waals surface area contributed by atoms with Crippen LogP contribution in [0.2, 0.25) is 0 Å². The lowest BCUT2D eigenvalue weighted by Crippen LogP contribution is -1.91. The number of thiophene rings is 1. The van der Waals surface area contributed by atoms with Gasteiger partial charge in [-0.05, 0) is 42.6 Å². The Hall–Kier alpha value is -2.25. The van der Waals surface area contributed by atoms with Crippen molar-refractivity contribution in [1.82, 2.24) is 19.8 Å². The topological polar surface area (TPSA) is 52.3 Å². The summed E-state index contributed by atoms with van der Waals surface area (Å²) < 4.78 is 7.27. The van der Waals surface area contributed by atoms with E-state index in [-0.39, 0.29) is 0 Å².